The number of benzene rings is 3. The molecule has 4 atom stereocenters. The number of methoxy groups -OCH3 is 2. The maximum Gasteiger partial charge on any atom is 0.417 e. The van der Waals surface area contributed by atoms with Crippen molar-refractivity contribution in [3.8, 4) is 17.5 Å². The molecule has 4 aromatic rings. The molecule has 15 heteroatoms. The highest BCUT2D eigenvalue weighted by Crippen LogP contribution is 2.48. The van der Waals surface area contributed by atoms with E-state index in [9.17, 15) is 4.79 Å². The number of rotatable bonds is 12. The van der Waals surface area contributed by atoms with Crippen LogP contribution < -0.4 is 24.0 Å². The molecule has 2 saturated heterocycles. The molecular weight excluding hydrogens is 829 g/mol. The van der Waals surface area contributed by atoms with Gasteiger partial charge in [0, 0.05) is 55.9 Å². The summed E-state index contributed by atoms with van der Waals surface area (Å²) in [5.41, 5.74) is 1.05. The van der Waals surface area contributed by atoms with Gasteiger partial charge in [0.15, 0.2) is 5.82 Å². The normalized spacial score (nSPS) is 20.5. The maximum absolute atomic E-state index is 17.8. The van der Waals surface area contributed by atoms with Crippen molar-refractivity contribution in [3.05, 3.63) is 99.5 Å². The van der Waals surface area contributed by atoms with E-state index in [2.05, 4.69) is 16.8 Å². The number of nitrogens with zero attached hydrogens (tertiary/aromatic N) is 6. The zero-order chi connectivity index (χ0) is 46.1. The van der Waals surface area contributed by atoms with Crippen molar-refractivity contribution in [2.45, 2.75) is 110 Å². The lowest BCUT2D eigenvalue weighted by Gasteiger charge is -2.42. The number of likely N-dealkylation sites (tertiary alicyclic amines) is 1. The van der Waals surface area contributed by atoms with Crippen LogP contribution in [-0.4, -0.2) is 97.6 Å². The Labute approximate surface area is 374 Å². The van der Waals surface area contributed by atoms with Crippen molar-refractivity contribution in [3.63, 3.8) is 0 Å². The van der Waals surface area contributed by atoms with Crippen LogP contribution in [-0.2, 0) is 36.8 Å². The Morgan fingerprint density at radius 2 is 1.52 bits per heavy atom. The standard InChI is InChI=1S/C49H62F4N6O5/c1-30-23-39-40(54-46(63-29-35-11-10-20-56(35)7)55-45(39)59-22-21-57(26-32(59)3)47(60)64-48(4,5)6)25-38(30)42-43(49(51,52)53)31(2)24-41(44(42)50)58(27-33-12-16-36(61-8)17-13-33)28-34-14-18-37(62-9)19-15-34/h12-19,24,30,32,35,38H,10-11,20-23,25-29H2,1-9H3/t30-,32+,35+,38-/m1/s1. The fraction of sp³-hybridized carbons (Fsp3) is 0.531. The third kappa shape index (κ3) is 10.5. The first-order chi connectivity index (χ1) is 30.3. The Balaban J connectivity index is 1.29. The number of carbonyl (C=O) groups excluding carboxylic acids is 1. The molecule has 0 saturated carbocycles. The van der Waals surface area contributed by atoms with Crippen LogP contribution in [0.4, 0.5) is 33.9 Å². The number of alkyl halides is 3. The van der Waals surface area contributed by atoms with E-state index in [0.29, 0.717) is 55.7 Å². The minimum absolute atomic E-state index is 0.0395. The van der Waals surface area contributed by atoms with E-state index in [1.807, 2.05) is 83.1 Å². The molecule has 2 fully saturated rings. The summed E-state index contributed by atoms with van der Waals surface area (Å²) in [6.45, 7) is 13.7. The summed E-state index contributed by atoms with van der Waals surface area (Å²) in [5, 5.41) is 0. The summed E-state index contributed by atoms with van der Waals surface area (Å²) in [4.78, 5) is 30.9. The number of likely N-dealkylation sites (N-methyl/N-ethyl adjacent to an activating group) is 1. The monoisotopic (exact) mass is 890 g/mol. The third-order valence-corrected chi connectivity index (χ3v) is 12.8. The van der Waals surface area contributed by atoms with Gasteiger partial charge in [0.05, 0.1) is 31.2 Å². The minimum atomic E-state index is -4.84. The molecule has 0 spiro atoms. The van der Waals surface area contributed by atoms with Crippen LogP contribution in [0.2, 0.25) is 0 Å². The van der Waals surface area contributed by atoms with Gasteiger partial charge >= 0.3 is 18.3 Å². The number of piperazine rings is 1. The van der Waals surface area contributed by atoms with Gasteiger partial charge in [-0.1, -0.05) is 31.2 Å². The Morgan fingerprint density at radius 1 is 0.891 bits per heavy atom. The van der Waals surface area contributed by atoms with Crippen molar-refractivity contribution < 1.29 is 41.3 Å². The Hall–Kier alpha value is -5.31. The summed E-state index contributed by atoms with van der Waals surface area (Å²) < 4.78 is 86.8. The quantitative estimate of drug-likeness (QED) is 0.128. The molecule has 1 aromatic heterocycles. The van der Waals surface area contributed by atoms with E-state index < -0.39 is 41.1 Å². The number of aromatic nitrogens is 2. The second kappa shape index (κ2) is 19.0. The van der Waals surface area contributed by atoms with E-state index in [0.717, 1.165) is 36.1 Å². The lowest BCUT2D eigenvalue weighted by Crippen LogP contribution is -2.55. The first-order valence-electron chi connectivity index (χ1n) is 22.2. The van der Waals surface area contributed by atoms with Crippen molar-refractivity contribution in [2.75, 3.05) is 63.9 Å². The molecule has 1 aliphatic carbocycles. The highest BCUT2D eigenvalue weighted by Gasteiger charge is 2.44. The predicted octanol–water partition coefficient (Wildman–Crippen LogP) is 9.60. The number of carbonyl (C=O) groups is 1. The first-order valence-corrected chi connectivity index (χ1v) is 22.2. The topological polar surface area (TPSA) is 92.7 Å². The number of hydrogen-bond donors (Lipinski definition) is 0. The van der Waals surface area contributed by atoms with Gasteiger partial charge in [-0.15, -0.1) is 0 Å². The van der Waals surface area contributed by atoms with E-state index in [4.69, 9.17) is 28.9 Å². The van der Waals surface area contributed by atoms with Crippen molar-refractivity contribution >= 4 is 17.6 Å². The molecule has 0 unspecified atom stereocenters. The molecule has 2 aliphatic heterocycles. The number of aryl methyl sites for hydroxylation is 1. The SMILES string of the molecule is COc1ccc(CN(Cc2ccc(OC)cc2)c2cc(C)c(C(F)(F)F)c([C@@H]3Cc4nc(OC[C@@H]5CCCN5C)nc(N5CCN(C(=O)OC(C)(C)C)C[C@@H]5C)c4C[C@H]3C)c2F)cc1. The molecule has 11 nitrogen and oxygen atoms in total. The average molecular weight is 891 g/mol. The second-order valence-electron chi connectivity index (χ2n) is 18.7. The van der Waals surface area contributed by atoms with Crippen molar-refractivity contribution in [2.24, 2.45) is 5.92 Å². The van der Waals surface area contributed by atoms with Crippen LogP contribution in [0.15, 0.2) is 54.6 Å². The van der Waals surface area contributed by atoms with Crippen LogP contribution in [0.5, 0.6) is 17.5 Å². The number of amides is 1. The molecule has 0 bridgehead atoms. The predicted molar refractivity (Wildman–Crippen MR) is 239 cm³/mol. The first kappa shape index (κ1) is 46.7. The number of anilines is 2. The molecule has 1 amide bonds. The summed E-state index contributed by atoms with van der Waals surface area (Å²) in [6.07, 6.45) is -2.88. The summed E-state index contributed by atoms with van der Waals surface area (Å²) in [6, 6.07) is 16.2. The van der Waals surface area contributed by atoms with Crippen LogP contribution in [0.3, 0.4) is 0 Å². The molecule has 0 radical (unpaired) electrons. The van der Waals surface area contributed by atoms with E-state index in [1.54, 1.807) is 24.0 Å². The molecule has 7 rings (SSSR count). The lowest BCUT2D eigenvalue weighted by molar-refractivity contribution is -0.139. The zero-order valence-corrected chi connectivity index (χ0v) is 38.5. The van der Waals surface area contributed by atoms with Gasteiger partial charge in [-0.25, -0.2) is 9.18 Å². The minimum Gasteiger partial charge on any atom is -0.497 e. The number of halogens is 4. The van der Waals surface area contributed by atoms with Crippen LogP contribution in [0.25, 0.3) is 0 Å². The van der Waals surface area contributed by atoms with Gasteiger partial charge in [0.25, 0.3) is 0 Å². The Bertz CT molecular complexity index is 2220. The Morgan fingerprint density at radius 3 is 2.05 bits per heavy atom. The van der Waals surface area contributed by atoms with Crippen molar-refractivity contribution in [1.29, 1.82) is 0 Å². The maximum atomic E-state index is 17.8. The zero-order valence-electron chi connectivity index (χ0n) is 38.5. The van der Waals surface area contributed by atoms with Gasteiger partial charge in [-0.05, 0) is 133 Å². The average Bonchev–Trinajstić information content (AvgIpc) is 3.66. The molecule has 3 aliphatic rings. The van der Waals surface area contributed by atoms with E-state index >= 15 is 17.6 Å². The lowest BCUT2D eigenvalue weighted by atomic mass is 9.73. The van der Waals surface area contributed by atoms with Gasteiger partial charge in [-0.2, -0.15) is 23.1 Å². The van der Waals surface area contributed by atoms with Gasteiger partial charge in [-0.3, -0.25) is 0 Å². The molecular formula is C49H62F4N6O5. The van der Waals surface area contributed by atoms with Crippen molar-refractivity contribution in [1.82, 2.24) is 19.8 Å². The third-order valence-electron chi connectivity index (χ3n) is 12.8. The largest absolute Gasteiger partial charge is 0.497 e. The van der Waals surface area contributed by atoms with Crippen LogP contribution >= 0.6 is 0 Å². The van der Waals surface area contributed by atoms with Crippen LogP contribution in [0.1, 0.15) is 92.5 Å². The molecule has 3 heterocycles. The fourth-order valence-electron chi connectivity index (χ4n) is 9.44. The van der Waals surface area contributed by atoms with Crippen LogP contribution in [0, 0.1) is 18.7 Å². The highest BCUT2D eigenvalue weighted by atomic mass is 19.4. The summed E-state index contributed by atoms with van der Waals surface area (Å²) >= 11 is 0. The molecule has 0 N–H and O–H groups in total. The smallest absolute Gasteiger partial charge is 0.417 e. The summed E-state index contributed by atoms with van der Waals surface area (Å²) in [5.74, 6) is -0.284. The van der Waals surface area contributed by atoms with Gasteiger partial charge in [0.1, 0.15) is 29.5 Å². The fourth-order valence-corrected chi connectivity index (χ4v) is 9.44. The highest BCUT2D eigenvalue weighted by molar-refractivity contribution is 5.69. The van der Waals surface area contributed by atoms with E-state index in [-0.39, 0.29) is 54.4 Å². The molecule has 64 heavy (non-hydrogen) atoms. The number of ether oxygens (including phenoxy) is 4. The molecule has 3 aromatic carbocycles. The second-order valence-corrected chi connectivity index (χ2v) is 18.7. The number of fused-ring (bicyclic) bond motifs is 1. The van der Waals surface area contributed by atoms with E-state index in [1.165, 1.54) is 13.0 Å². The molecule has 346 valence electrons. The van der Waals surface area contributed by atoms with Gasteiger partial charge in [0.2, 0.25) is 0 Å². The summed E-state index contributed by atoms with van der Waals surface area (Å²) in [7, 11) is 5.20. The Kier molecular flexibility index (Phi) is 13.9. The number of hydrogen-bond acceptors (Lipinski definition) is 10. The van der Waals surface area contributed by atoms with Gasteiger partial charge < -0.3 is 38.5 Å².